The van der Waals surface area contributed by atoms with Gasteiger partial charge in [-0.25, -0.2) is 0 Å². The zero-order valence-corrected chi connectivity index (χ0v) is 13.7. The molecule has 0 saturated heterocycles. The van der Waals surface area contributed by atoms with E-state index in [2.05, 4.69) is 56.7 Å². The van der Waals surface area contributed by atoms with Crippen LogP contribution in [0.5, 0.6) is 0 Å². The number of para-hydroxylation sites is 1. The van der Waals surface area contributed by atoms with Crippen LogP contribution in [0.15, 0.2) is 72.4 Å². The van der Waals surface area contributed by atoms with Crippen LogP contribution >= 0.6 is 0 Å². The van der Waals surface area contributed by atoms with Gasteiger partial charge in [0.25, 0.3) is 0 Å². The van der Waals surface area contributed by atoms with E-state index in [1.165, 1.54) is 5.56 Å². The molecule has 0 aliphatic heterocycles. The van der Waals surface area contributed by atoms with E-state index in [-0.39, 0.29) is 5.41 Å². The van der Waals surface area contributed by atoms with E-state index < -0.39 is 0 Å². The number of benzene rings is 2. The van der Waals surface area contributed by atoms with Gasteiger partial charge in [0.15, 0.2) is 0 Å². The maximum Gasteiger partial charge on any atom is 0.0597 e. The number of nitrogens with zero attached hydrogens (tertiary/aromatic N) is 2. The van der Waals surface area contributed by atoms with Crippen LogP contribution in [0, 0.1) is 0 Å². The third-order valence-electron chi connectivity index (χ3n) is 3.48. The predicted molar refractivity (Wildman–Crippen MR) is 96.7 cm³/mol. The second-order valence-corrected chi connectivity index (χ2v) is 6.32. The van der Waals surface area contributed by atoms with E-state index in [4.69, 9.17) is 0 Å². The van der Waals surface area contributed by atoms with Crippen molar-refractivity contribution in [2.45, 2.75) is 26.2 Å². The summed E-state index contributed by atoms with van der Waals surface area (Å²) in [4.78, 5) is 0. The van der Waals surface area contributed by atoms with Gasteiger partial charge in [-0.2, -0.15) is 5.10 Å². The molecule has 0 spiro atoms. The molecule has 0 aromatic heterocycles. The molecule has 0 amide bonds. The van der Waals surface area contributed by atoms with Crippen LogP contribution in [-0.4, -0.2) is 12.8 Å². The Morgan fingerprint density at radius 1 is 1.00 bits per heavy atom. The third-order valence-corrected chi connectivity index (χ3v) is 3.48. The van der Waals surface area contributed by atoms with E-state index >= 15 is 0 Å². The number of rotatable bonds is 5. The van der Waals surface area contributed by atoms with Crippen LogP contribution in [-0.2, 0) is 5.41 Å². The number of anilines is 1. The second kappa shape index (κ2) is 7.08. The Morgan fingerprint density at radius 3 is 2.18 bits per heavy atom. The topological polar surface area (TPSA) is 15.6 Å². The lowest BCUT2D eigenvalue weighted by Gasteiger charge is -2.19. The molecule has 2 nitrogen and oxygen atoms in total. The first-order valence-electron chi connectivity index (χ1n) is 7.59. The minimum Gasteiger partial charge on any atom is -0.262 e. The van der Waals surface area contributed by atoms with E-state index in [1.54, 1.807) is 0 Å². The van der Waals surface area contributed by atoms with Gasteiger partial charge in [-0.15, -0.1) is 6.58 Å². The molecule has 0 atom stereocenters. The number of hydrogen-bond acceptors (Lipinski definition) is 2. The summed E-state index contributed by atoms with van der Waals surface area (Å²) in [5.74, 6) is 0. The molecule has 2 heteroatoms. The van der Waals surface area contributed by atoms with E-state index in [0.717, 1.165) is 11.3 Å². The summed E-state index contributed by atoms with van der Waals surface area (Å²) in [5, 5.41) is 6.52. The Balaban J connectivity index is 2.16. The highest BCUT2D eigenvalue weighted by atomic mass is 15.4. The summed E-state index contributed by atoms with van der Waals surface area (Å²) in [6.07, 6.45) is 3.75. The summed E-state index contributed by atoms with van der Waals surface area (Å²) < 4.78 is 0. The fourth-order valence-corrected chi connectivity index (χ4v) is 2.15. The van der Waals surface area contributed by atoms with Gasteiger partial charge in [-0.1, -0.05) is 69.3 Å². The SMILES string of the molecule is C=CCN(/N=C/c1ccc(C(C)(C)C)cc1)c1ccccc1. The van der Waals surface area contributed by atoms with Crippen LogP contribution in [0.1, 0.15) is 31.9 Å². The summed E-state index contributed by atoms with van der Waals surface area (Å²) in [6.45, 7) is 11.1. The molecular weight excluding hydrogens is 268 g/mol. The van der Waals surface area contributed by atoms with E-state index in [1.807, 2.05) is 47.6 Å². The van der Waals surface area contributed by atoms with Crippen LogP contribution in [0.4, 0.5) is 5.69 Å². The van der Waals surface area contributed by atoms with Gasteiger partial charge < -0.3 is 0 Å². The molecule has 2 aromatic rings. The minimum atomic E-state index is 0.175. The molecule has 114 valence electrons. The summed E-state index contributed by atoms with van der Waals surface area (Å²) in [7, 11) is 0. The van der Waals surface area contributed by atoms with Crippen molar-refractivity contribution in [3.63, 3.8) is 0 Å². The monoisotopic (exact) mass is 292 g/mol. The molecule has 0 aliphatic rings. The molecule has 0 radical (unpaired) electrons. The Kier molecular flexibility index (Phi) is 5.16. The molecule has 0 unspecified atom stereocenters. The van der Waals surface area contributed by atoms with Gasteiger partial charge in [0.1, 0.15) is 0 Å². The predicted octanol–water partition coefficient (Wildman–Crippen LogP) is 5.01. The fourth-order valence-electron chi connectivity index (χ4n) is 2.15. The zero-order valence-electron chi connectivity index (χ0n) is 13.7. The maximum absolute atomic E-state index is 4.58. The summed E-state index contributed by atoms with van der Waals surface area (Å²) in [6, 6.07) is 18.7. The third kappa shape index (κ3) is 4.32. The van der Waals surface area contributed by atoms with Gasteiger partial charge >= 0.3 is 0 Å². The lowest BCUT2D eigenvalue weighted by molar-refractivity contribution is 0.590. The molecule has 0 saturated carbocycles. The van der Waals surface area contributed by atoms with Crippen molar-refractivity contribution in [3.05, 3.63) is 78.4 Å². The fraction of sp³-hybridized carbons (Fsp3) is 0.250. The van der Waals surface area contributed by atoms with Crippen molar-refractivity contribution in [1.82, 2.24) is 0 Å². The Labute approximate surface area is 133 Å². The molecule has 2 aromatic carbocycles. The zero-order chi connectivity index (χ0) is 16.0. The van der Waals surface area contributed by atoms with Crippen molar-refractivity contribution >= 4 is 11.9 Å². The summed E-state index contributed by atoms with van der Waals surface area (Å²) in [5.41, 5.74) is 3.66. The molecular formula is C20H24N2. The molecule has 0 N–H and O–H groups in total. The summed E-state index contributed by atoms with van der Waals surface area (Å²) >= 11 is 0. The largest absolute Gasteiger partial charge is 0.262 e. The van der Waals surface area contributed by atoms with Gasteiger partial charge in [-0.3, -0.25) is 5.01 Å². The average molecular weight is 292 g/mol. The highest BCUT2D eigenvalue weighted by molar-refractivity contribution is 5.80. The molecule has 0 bridgehead atoms. The molecule has 0 heterocycles. The number of hydrogen-bond donors (Lipinski definition) is 0. The van der Waals surface area contributed by atoms with Crippen LogP contribution in [0.3, 0.4) is 0 Å². The smallest absolute Gasteiger partial charge is 0.0597 e. The molecule has 0 fully saturated rings. The van der Waals surface area contributed by atoms with E-state index in [9.17, 15) is 0 Å². The molecule has 2 rings (SSSR count). The Morgan fingerprint density at radius 2 is 1.64 bits per heavy atom. The van der Waals surface area contributed by atoms with Crippen molar-refractivity contribution in [1.29, 1.82) is 0 Å². The molecule has 22 heavy (non-hydrogen) atoms. The lowest BCUT2D eigenvalue weighted by atomic mass is 9.87. The minimum absolute atomic E-state index is 0.175. The lowest BCUT2D eigenvalue weighted by Crippen LogP contribution is -2.16. The van der Waals surface area contributed by atoms with E-state index in [0.29, 0.717) is 6.54 Å². The molecule has 0 aliphatic carbocycles. The van der Waals surface area contributed by atoms with Gasteiger partial charge in [0, 0.05) is 0 Å². The average Bonchev–Trinajstić information content (AvgIpc) is 2.52. The normalized spacial score (nSPS) is 11.6. The second-order valence-electron chi connectivity index (χ2n) is 6.32. The maximum atomic E-state index is 4.58. The van der Waals surface area contributed by atoms with Crippen LogP contribution in [0.2, 0.25) is 0 Å². The highest BCUT2D eigenvalue weighted by Gasteiger charge is 2.12. The highest BCUT2D eigenvalue weighted by Crippen LogP contribution is 2.22. The van der Waals surface area contributed by atoms with Crippen molar-refractivity contribution in [2.24, 2.45) is 5.10 Å². The van der Waals surface area contributed by atoms with Gasteiger partial charge in [-0.05, 0) is 28.7 Å². The standard InChI is InChI=1S/C20H24N2/c1-5-15-22(19-9-7-6-8-10-19)21-16-17-11-13-18(14-12-17)20(2,3)4/h5-14,16H,1,15H2,2-4H3/b21-16+. The first kappa shape index (κ1) is 16.0. The van der Waals surface area contributed by atoms with Crippen molar-refractivity contribution < 1.29 is 0 Å². The Hall–Kier alpha value is -2.35. The van der Waals surface area contributed by atoms with Crippen molar-refractivity contribution in [2.75, 3.05) is 11.6 Å². The first-order valence-corrected chi connectivity index (χ1v) is 7.59. The van der Waals surface area contributed by atoms with Crippen LogP contribution in [0.25, 0.3) is 0 Å². The van der Waals surface area contributed by atoms with Crippen LogP contribution < -0.4 is 5.01 Å². The van der Waals surface area contributed by atoms with Gasteiger partial charge in [0.2, 0.25) is 0 Å². The number of hydrazone groups is 1. The quantitative estimate of drug-likeness (QED) is 0.429. The Bertz CT molecular complexity index is 619. The van der Waals surface area contributed by atoms with Crippen molar-refractivity contribution in [3.8, 4) is 0 Å². The first-order chi connectivity index (χ1) is 10.5. The van der Waals surface area contributed by atoms with Gasteiger partial charge in [0.05, 0.1) is 18.4 Å².